The van der Waals surface area contributed by atoms with Gasteiger partial charge in [0.25, 0.3) is 0 Å². The van der Waals surface area contributed by atoms with E-state index in [9.17, 15) is 0 Å². The molecule has 0 aliphatic rings. The summed E-state index contributed by atoms with van der Waals surface area (Å²) in [6.45, 7) is 2.23. The zero-order chi connectivity index (χ0) is 14.7. The number of hydrogen-bond acceptors (Lipinski definition) is 1. The highest BCUT2D eigenvalue weighted by Crippen LogP contribution is 2.30. The minimum Gasteiger partial charge on any atom is -0.495 e. The van der Waals surface area contributed by atoms with E-state index in [-0.39, 0.29) is 0 Å². The van der Waals surface area contributed by atoms with E-state index in [1.807, 2.05) is 12.1 Å². The Bertz CT molecular complexity index is 742. The number of methoxy groups -OCH3 is 1. The summed E-state index contributed by atoms with van der Waals surface area (Å²) in [5.74, 6) is 0.914. The van der Waals surface area contributed by atoms with Crippen LogP contribution < -0.4 is 4.74 Å². The van der Waals surface area contributed by atoms with Crippen LogP contribution in [0.5, 0.6) is 5.75 Å². The van der Waals surface area contributed by atoms with E-state index in [4.69, 9.17) is 4.74 Å². The van der Waals surface area contributed by atoms with Crippen LogP contribution in [0.15, 0.2) is 54.6 Å². The van der Waals surface area contributed by atoms with E-state index < -0.39 is 0 Å². The molecule has 0 amide bonds. The molecule has 0 aliphatic heterocycles. The molecule has 0 N–H and O–H groups in total. The highest BCUT2D eigenvalue weighted by molar-refractivity contribution is 5.83. The van der Waals surface area contributed by atoms with Crippen LogP contribution in [0, 0.1) is 0 Å². The standard InChI is InChI=1S/C19H21NO/c1-3-4-10-16-14-15-9-5-6-11-17(15)20(16)18-12-7-8-13-19(18)21-2/h5-9,11-14H,3-4,10H2,1-2H3. The van der Waals surface area contributed by atoms with Gasteiger partial charge < -0.3 is 9.30 Å². The molecule has 108 valence electrons. The second-order valence-electron chi connectivity index (χ2n) is 5.31. The molecule has 1 aromatic heterocycles. The predicted octanol–water partition coefficient (Wildman–Crippen LogP) is 4.98. The van der Waals surface area contributed by atoms with Gasteiger partial charge >= 0.3 is 0 Å². The summed E-state index contributed by atoms with van der Waals surface area (Å²) < 4.78 is 7.89. The molecule has 2 nitrogen and oxygen atoms in total. The Hall–Kier alpha value is -2.22. The number of rotatable bonds is 5. The molecule has 0 saturated heterocycles. The van der Waals surface area contributed by atoms with Gasteiger partial charge in [0.05, 0.1) is 18.3 Å². The average molecular weight is 279 g/mol. The lowest BCUT2D eigenvalue weighted by Gasteiger charge is -2.14. The van der Waals surface area contributed by atoms with Gasteiger partial charge in [-0.05, 0) is 37.1 Å². The van der Waals surface area contributed by atoms with Crippen LogP contribution in [-0.4, -0.2) is 11.7 Å². The molecule has 21 heavy (non-hydrogen) atoms. The van der Waals surface area contributed by atoms with Gasteiger partial charge in [-0.2, -0.15) is 0 Å². The summed E-state index contributed by atoms with van der Waals surface area (Å²) in [7, 11) is 1.73. The van der Waals surface area contributed by atoms with Crippen LogP contribution in [0.3, 0.4) is 0 Å². The van der Waals surface area contributed by atoms with Gasteiger partial charge in [0.2, 0.25) is 0 Å². The number of unbranched alkanes of at least 4 members (excludes halogenated alkanes) is 1. The van der Waals surface area contributed by atoms with E-state index >= 15 is 0 Å². The van der Waals surface area contributed by atoms with Crippen LogP contribution in [0.2, 0.25) is 0 Å². The van der Waals surface area contributed by atoms with Crippen molar-refractivity contribution in [3.05, 3.63) is 60.3 Å². The van der Waals surface area contributed by atoms with E-state index in [0.717, 1.165) is 17.9 Å². The smallest absolute Gasteiger partial charge is 0.142 e. The number of aromatic nitrogens is 1. The minimum absolute atomic E-state index is 0.914. The lowest BCUT2D eigenvalue weighted by molar-refractivity contribution is 0.413. The van der Waals surface area contributed by atoms with Gasteiger partial charge in [-0.1, -0.05) is 43.7 Å². The first-order valence-electron chi connectivity index (χ1n) is 7.58. The predicted molar refractivity (Wildman–Crippen MR) is 88.4 cm³/mol. The van der Waals surface area contributed by atoms with Gasteiger partial charge in [-0.25, -0.2) is 0 Å². The summed E-state index contributed by atoms with van der Waals surface area (Å²) in [5.41, 5.74) is 3.71. The molecule has 2 heteroatoms. The maximum Gasteiger partial charge on any atom is 0.142 e. The van der Waals surface area contributed by atoms with Crippen molar-refractivity contribution < 1.29 is 4.74 Å². The van der Waals surface area contributed by atoms with E-state index in [1.54, 1.807) is 7.11 Å². The van der Waals surface area contributed by atoms with E-state index in [1.165, 1.54) is 29.4 Å². The number of nitrogens with zero attached hydrogens (tertiary/aromatic N) is 1. The molecule has 2 aromatic carbocycles. The zero-order valence-electron chi connectivity index (χ0n) is 12.7. The molecule has 0 spiro atoms. The Labute approximate surface area is 126 Å². The third-order valence-corrected chi connectivity index (χ3v) is 3.90. The Morgan fingerprint density at radius 3 is 2.57 bits per heavy atom. The molecule has 0 radical (unpaired) electrons. The minimum atomic E-state index is 0.914. The van der Waals surface area contributed by atoms with Crippen LogP contribution in [-0.2, 0) is 6.42 Å². The lowest BCUT2D eigenvalue weighted by Crippen LogP contribution is -2.02. The van der Waals surface area contributed by atoms with Gasteiger partial charge in [0.1, 0.15) is 5.75 Å². The Kier molecular flexibility index (Phi) is 3.96. The maximum absolute atomic E-state index is 5.56. The molecule has 1 heterocycles. The van der Waals surface area contributed by atoms with Crippen molar-refractivity contribution in [1.29, 1.82) is 0 Å². The number of aryl methyl sites for hydroxylation is 1. The molecular weight excluding hydrogens is 258 g/mol. The summed E-state index contributed by atoms with van der Waals surface area (Å²) in [4.78, 5) is 0. The molecule has 0 fully saturated rings. The maximum atomic E-state index is 5.56. The zero-order valence-corrected chi connectivity index (χ0v) is 12.7. The number of fused-ring (bicyclic) bond motifs is 1. The SMILES string of the molecule is CCCCc1cc2ccccc2n1-c1ccccc1OC. The van der Waals surface area contributed by atoms with Gasteiger partial charge in [-0.3, -0.25) is 0 Å². The van der Waals surface area contributed by atoms with Crippen molar-refractivity contribution in [2.24, 2.45) is 0 Å². The van der Waals surface area contributed by atoms with E-state index in [0.29, 0.717) is 0 Å². The van der Waals surface area contributed by atoms with Crippen LogP contribution in [0.25, 0.3) is 16.6 Å². The first-order valence-corrected chi connectivity index (χ1v) is 7.58. The summed E-state index contributed by atoms with van der Waals surface area (Å²) in [5, 5.41) is 1.29. The highest BCUT2D eigenvalue weighted by Gasteiger charge is 2.13. The first kappa shape index (κ1) is 13.7. The van der Waals surface area contributed by atoms with Gasteiger partial charge in [-0.15, -0.1) is 0 Å². The van der Waals surface area contributed by atoms with Crippen molar-refractivity contribution in [2.45, 2.75) is 26.2 Å². The molecule has 0 unspecified atom stereocenters. The molecule has 0 aliphatic carbocycles. The average Bonchev–Trinajstić information content (AvgIpc) is 2.91. The molecule has 0 atom stereocenters. The monoisotopic (exact) mass is 279 g/mol. The molecule has 0 bridgehead atoms. The van der Waals surface area contributed by atoms with E-state index in [2.05, 4.69) is 54.0 Å². The molecule has 3 aromatic rings. The van der Waals surface area contributed by atoms with Crippen LogP contribution >= 0.6 is 0 Å². The second kappa shape index (κ2) is 6.04. The summed E-state index contributed by atoms with van der Waals surface area (Å²) >= 11 is 0. The number of benzene rings is 2. The highest BCUT2D eigenvalue weighted by atomic mass is 16.5. The van der Waals surface area contributed by atoms with Crippen molar-refractivity contribution in [3.63, 3.8) is 0 Å². The van der Waals surface area contributed by atoms with Crippen molar-refractivity contribution in [1.82, 2.24) is 4.57 Å². The quantitative estimate of drug-likeness (QED) is 0.642. The van der Waals surface area contributed by atoms with Crippen LogP contribution in [0.1, 0.15) is 25.5 Å². The van der Waals surface area contributed by atoms with Gasteiger partial charge in [0, 0.05) is 11.1 Å². The summed E-state index contributed by atoms with van der Waals surface area (Å²) in [6, 6.07) is 19.1. The third-order valence-electron chi connectivity index (χ3n) is 3.90. The van der Waals surface area contributed by atoms with Gasteiger partial charge in [0.15, 0.2) is 0 Å². The second-order valence-corrected chi connectivity index (χ2v) is 5.31. The Morgan fingerprint density at radius 1 is 1.00 bits per heavy atom. The third kappa shape index (κ3) is 2.54. The van der Waals surface area contributed by atoms with Crippen LogP contribution in [0.4, 0.5) is 0 Å². The molecular formula is C19H21NO. The fourth-order valence-corrected chi connectivity index (χ4v) is 2.85. The summed E-state index contributed by atoms with van der Waals surface area (Å²) in [6.07, 6.45) is 3.49. The number of ether oxygens (including phenoxy) is 1. The van der Waals surface area contributed by atoms with Crippen molar-refractivity contribution in [2.75, 3.05) is 7.11 Å². The lowest BCUT2D eigenvalue weighted by atomic mass is 10.2. The fourth-order valence-electron chi connectivity index (χ4n) is 2.85. The fraction of sp³-hybridized carbons (Fsp3) is 0.263. The largest absolute Gasteiger partial charge is 0.495 e. The Balaban J connectivity index is 2.23. The topological polar surface area (TPSA) is 14.2 Å². The molecule has 3 rings (SSSR count). The molecule has 0 saturated carbocycles. The number of hydrogen-bond donors (Lipinski definition) is 0. The van der Waals surface area contributed by atoms with Crippen molar-refractivity contribution >= 4 is 10.9 Å². The number of para-hydroxylation sites is 3. The first-order chi connectivity index (χ1) is 10.3. The van der Waals surface area contributed by atoms with Crippen molar-refractivity contribution in [3.8, 4) is 11.4 Å². The normalized spacial score (nSPS) is 11.0. The Morgan fingerprint density at radius 2 is 1.76 bits per heavy atom.